The van der Waals surface area contributed by atoms with Crippen LogP contribution in [0.5, 0.6) is 11.5 Å². The number of benzene rings is 1. The smallest absolute Gasteiger partial charge is 0.146 e. The molecule has 0 fully saturated rings. The standard InChI is InChI=1S/C15H25NO2/c1-5-10-17-12-7-6-8-13(14(12)16)18-11-9-15(2,3)4/h6-8H,5,9-11,16H2,1-4H3. The lowest BCUT2D eigenvalue weighted by Gasteiger charge is -2.19. The minimum atomic E-state index is 0.269. The summed E-state index contributed by atoms with van der Waals surface area (Å²) in [4.78, 5) is 0. The van der Waals surface area contributed by atoms with Gasteiger partial charge in [0.2, 0.25) is 0 Å². The Labute approximate surface area is 110 Å². The summed E-state index contributed by atoms with van der Waals surface area (Å²) < 4.78 is 11.3. The van der Waals surface area contributed by atoms with Crippen LogP contribution in [-0.2, 0) is 0 Å². The lowest BCUT2D eigenvalue weighted by molar-refractivity contribution is 0.242. The van der Waals surface area contributed by atoms with Gasteiger partial charge in [0.1, 0.15) is 17.2 Å². The van der Waals surface area contributed by atoms with Crippen molar-refractivity contribution >= 4 is 5.69 Å². The maximum absolute atomic E-state index is 6.02. The minimum absolute atomic E-state index is 0.269. The molecule has 0 saturated heterocycles. The van der Waals surface area contributed by atoms with Gasteiger partial charge in [0.05, 0.1) is 13.2 Å². The highest BCUT2D eigenvalue weighted by Gasteiger charge is 2.12. The normalized spacial score (nSPS) is 11.3. The van der Waals surface area contributed by atoms with Crippen LogP contribution in [0.25, 0.3) is 0 Å². The van der Waals surface area contributed by atoms with Crippen molar-refractivity contribution in [3.63, 3.8) is 0 Å². The molecule has 0 aliphatic carbocycles. The van der Waals surface area contributed by atoms with Gasteiger partial charge in [-0.3, -0.25) is 0 Å². The van der Waals surface area contributed by atoms with Gasteiger partial charge in [0.15, 0.2) is 0 Å². The van der Waals surface area contributed by atoms with E-state index < -0.39 is 0 Å². The summed E-state index contributed by atoms with van der Waals surface area (Å²) in [5.41, 5.74) is 6.89. The van der Waals surface area contributed by atoms with E-state index in [4.69, 9.17) is 15.2 Å². The Bertz CT molecular complexity index is 369. The fourth-order valence-corrected chi connectivity index (χ4v) is 1.45. The zero-order valence-corrected chi connectivity index (χ0v) is 12.0. The summed E-state index contributed by atoms with van der Waals surface area (Å²) in [6.45, 7) is 10.0. The van der Waals surface area contributed by atoms with E-state index in [0.29, 0.717) is 30.4 Å². The Kier molecular flexibility index (Phi) is 5.32. The van der Waals surface area contributed by atoms with Gasteiger partial charge in [-0.2, -0.15) is 0 Å². The number of anilines is 1. The minimum Gasteiger partial charge on any atom is -0.491 e. The molecule has 2 N–H and O–H groups in total. The van der Waals surface area contributed by atoms with Crippen molar-refractivity contribution in [2.24, 2.45) is 5.41 Å². The van der Waals surface area contributed by atoms with Crippen molar-refractivity contribution in [3.8, 4) is 11.5 Å². The summed E-state index contributed by atoms with van der Waals surface area (Å²) in [6, 6.07) is 5.67. The van der Waals surface area contributed by atoms with Crippen molar-refractivity contribution in [3.05, 3.63) is 18.2 Å². The van der Waals surface area contributed by atoms with E-state index in [-0.39, 0.29) is 5.41 Å². The van der Waals surface area contributed by atoms with Crippen LogP contribution in [0, 0.1) is 5.41 Å². The molecule has 0 aliphatic heterocycles. The van der Waals surface area contributed by atoms with E-state index in [1.165, 1.54) is 0 Å². The Hall–Kier alpha value is -1.38. The molecule has 0 bridgehead atoms. The third kappa shape index (κ3) is 4.86. The monoisotopic (exact) mass is 251 g/mol. The number of nitrogen functional groups attached to an aromatic ring is 1. The van der Waals surface area contributed by atoms with E-state index in [1.54, 1.807) is 0 Å². The summed E-state index contributed by atoms with van der Waals surface area (Å²) in [5, 5.41) is 0. The van der Waals surface area contributed by atoms with E-state index in [0.717, 1.165) is 12.8 Å². The van der Waals surface area contributed by atoms with Gasteiger partial charge in [0.25, 0.3) is 0 Å². The molecular formula is C15H25NO2. The molecule has 3 nitrogen and oxygen atoms in total. The lowest BCUT2D eigenvalue weighted by Crippen LogP contribution is -2.12. The molecular weight excluding hydrogens is 226 g/mol. The van der Waals surface area contributed by atoms with Crippen LogP contribution in [0.15, 0.2) is 18.2 Å². The molecule has 0 aromatic heterocycles. The van der Waals surface area contributed by atoms with Crippen LogP contribution in [-0.4, -0.2) is 13.2 Å². The van der Waals surface area contributed by atoms with Gasteiger partial charge in [-0.1, -0.05) is 33.8 Å². The predicted molar refractivity (Wildman–Crippen MR) is 76.2 cm³/mol. The first-order chi connectivity index (χ1) is 8.44. The van der Waals surface area contributed by atoms with E-state index in [9.17, 15) is 0 Å². The van der Waals surface area contributed by atoms with Crippen molar-refractivity contribution < 1.29 is 9.47 Å². The first kappa shape index (κ1) is 14.7. The second-order valence-electron chi connectivity index (χ2n) is 5.68. The maximum Gasteiger partial charge on any atom is 0.146 e. The second-order valence-corrected chi connectivity index (χ2v) is 5.68. The molecule has 1 aromatic carbocycles. The van der Waals surface area contributed by atoms with Crippen LogP contribution in [0.2, 0.25) is 0 Å². The highest BCUT2D eigenvalue weighted by molar-refractivity contribution is 5.62. The largest absolute Gasteiger partial charge is 0.491 e. The van der Waals surface area contributed by atoms with Gasteiger partial charge in [-0.15, -0.1) is 0 Å². The summed E-state index contributed by atoms with van der Waals surface area (Å²) in [5.74, 6) is 1.43. The molecule has 0 unspecified atom stereocenters. The SMILES string of the molecule is CCCOc1cccc(OCCC(C)(C)C)c1N. The zero-order valence-electron chi connectivity index (χ0n) is 12.0. The number of nitrogens with two attached hydrogens (primary N) is 1. The Morgan fingerprint density at radius 2 is 1.61 bits per heavy atom. The maximum atomic E-state index is 6.02. The molecule has 0 radical (unpaired) electrons. The summed E-state index contributed by atoms with van der Waals surface area (Å²) in [7, 11) is 0. The molecule has 0 saturated carbocycles. The quantitative estimate of drug-likeness (QED) is 0.780. The first-order valence-electron chi connectivity index (χ1n) is 6.58. The summed E-state index contributed by atoms with van der Waals surface area (Å²) >= 11 is 0. The van der Waals surface area contributed by atoms with Crippen molar-refractivity contribution in [1.29, 1.82) is 0 Å². The third-order valence-electron chi connectivity index (χ3n) is 2.60. The molecule has 0 aliphatic rings. The fraction of sp³-hybridized carbons (Fsp3) is 0.600. The van der Waals surface area contributed by atoms with Crippen molar-refractivity contribution in [2.75, 3.05) is 18.9 Å². The van der Waals surface area contributed by atoms with E-state index in [2.05, 4.69) is 27.7 Å². The number of ether oxygens (including phenoxy) is 2. The van der Waals surface area contributed by atoms with Gasteiger partial charge in [-0.25, -0.2) is 0 Å². The third-order valence-corrected chi connectivity index (χ3v) is 2.60. The molecule has 1 aromatic rings. The molecule has 18 heavy (non-hydrogen) atoms. The highest BCUT2D eigenvalue weighted by Crippen LogP contribution is 2.32. The van der Waals surface area contributed by atoms with Gasteiger partial charge < -0.3 is 15.2 Å². The highest BCUT2D eigenvalue weighted by atomic mass is 16.5. The Morgan fingerprint density at radius 1 is 1.06 bits per heavy atom. The second kappa shape index (κ2) is 6.53. The zero-order chi connectivity index (χ0) is 13.6. The summed E-state index contributed by atoms with van der Waals surface area (Å²) in [6.07, 6.45) is 1.96. The number of rotatable bonds is 6. The first-order valence-corrected chi connectivity index (χ1v) is 6.58. The van der Waals surface area contributed by atoms with Crippen molar-refractivity contribution in [1.82, 2.24) is 0 Å². The Balaban J connectivity index is 2.60. The molecule has 0 spiro atoms. The van der Waals surface area contributed by atoms with E-state index in [1.807, 2.05) is 18.2 Å². The molecule has 3 heteroatoms. The number of hydrogen-bond acceptors (Lipinski definition) is 3. The van der Waals surface area contributed by atoms with Crippen LogP contribution < -0.4 is 15.2 Å². The number of para-hydroxylation sites is 1. The fourth-order valence-electron chi connectivity index (χ4n) is 1.45. The molecule has 0 heterocycles. The average molecular weight is 251 g/mol. The van der Waals surface area contributed by atoms with Crippen molar-refractivity contribution in [2.45, 2.75) is 40.5 Å². The van der Waals surface area contributed by atoms with Gasteiger partial charge in [-0.05, 0) is 30.4 Å². The van der Waals surface area contributed by atoms with Crippen LogP contribution in [0.1, 0.15) is 40.5 Å². The average Bonchev–Trinajstić information content (AvgIpc) is 2.28. The van der Waals surface area contributed by atoms with E-state index >= 15 is 0 Å². The molecule has 0 amide bonds. The predicted octanol–water partition coefficient (Wildman–Crippen LogP) is 3.87. The number of hydrogen-bond donors (Lipinski definition) is 1. The van der Waals surface area contributed by atoms with Gasteiger partial charge >= 0.3 is 0 Å². The molecule has 1 rings (SSSR count). The van der Waals surface area contributed by atoms with Crippen LogP contribution >= 0.6 is 0 Å². The topological polar surface area (TPSA) is 44.5 Å². The Morgan fingerprint density at radius 3 is 2.11 bits per heavy atom. The van der Waals surface area contributed by atoms with Crippen LogP contribution in [0.4, 0.5) is 5.69 Å². The lowest BCUT2D eigenvalue weighted by atomic mass is 9.93. The van der Waals surface area contributed by atoms with Crippen LogP contribution in [0.3, 0.4) is 0 Å². The molecule has 102 valence electrons. The molecule has 0 atom stereocenters. The van der Waals surface area contributed by atoms with Gasteiger partial charge in [0, 0.05) is 0 Å².